The Morgan fingerprint density at radius 3 is 2.50 bits per heavy atom. The second-order valence-corrected chi connectivity index (χ2v) is 12.2. The van der Waals surface area contributed by atoms with Crippen LogP contribution in [0.4, 0.5) is 21.6 Å². The molecule has 1 amide bonds. The molecule has 10 heteroatoms. The van der Waals surface area contributed by atoms with Crippen LogP contribution >= 0.6 is 0 Å². The fourth-order valence-corrected chi connectivity index (χ4v) is 6.92. The van der Waals surface area contributed by atoms with Crippen molar-refractivity contribution in [2.45, 2.75) is 38.4 Å². The lowest BCUT2D eigenvalue weighted by atomic mass is 9.94. The second kappa shape index (κ2) is 11.8. The standard InChI is InChI=1S/C34H37FN8O/c1-22-7-5-8-24-9-6-10-30(31(22)24)40-14-12-27-29(21-40)38-33(42-19-26(20-42)39(3)4)28(17-37)32(27)41-15-16-43(34(44)23(2)35)25(18-41)11-13-36/h5-10,25-26H,2,11-12,14-16,18-21H2,1,3-4H3. The molecule has 0 aliphatic carbocycles. The van der Waals surface area contributed by atoms with Crippen LogP contribution in [0.5, 0.6) is 0 Å². The fourth-order valence-electron chi connectivity index (χ4n) is 6.92. The van der Waals surface area contributed by atoms with Crippen LogP contribution in [-0.4, -0.2) is 86.1 Å². The molecule has 0 saturated carbocycles. The summed E-state index contributed by atoms with van der Waals surface area (Å²) in [5, 5.41) is 22.6. The van der Waals surface area contributed by atoms with Crippen LogP contribution in [-0.2, 0) is 17.8 Å². The third-order valence-corrected chi connectivity index (χ3v) is 9.36. The van der Waals surface area contributed by atoms with E-state index in [9.17, 15) is 19.7 Å². The maximum atomic E-state index is 13.9. The van der Waals surface area contributed by atoms with Gasteiger partial charge >= 0.3 is 0 Å². The highest BCUT2D eigenvalue weighted by molar-refractivity contribution is 5.97. The zero-order chi connectivity index (χ0) is 31.1. The quantitative estimate of drug-likeness (QED) is 0.395. The number of hydrogen-bond acceptors (Lipinski definition) is 8. The summed E-state index contributed by atoms with van der Waals surface area (Å²) < 4.78 is 13.9. The number of fused-ring (bicyclic) bond motifs is 2. The van der Waals surface area contributed by atoms with Crippen molar-refractivity contribution in [3.8, 4) is 12.1 Å². The van der Waals surface area contributed by atoms with E-state index in [4.69, 9.17) is 4.98 Å². The fraction of sp³-hybridized carbons (Fsp3) is 0.412. The van der Waals surface area contributed by atoms with Crippen LogP contribution < -0.4 is 14.7 Å². The van der Waals surface area contributed by atoms with E-state index in [1.165, 1.54) is 26.9 Å². The van der Waals surface area contributed by atoms with Gasteiger partial charge in [0, 0.05) is 61.9 Å². The van der Waals surface area contributed by atoms with Gasteiger partial charge in [-0.2, -0.15) is 10.5 Å². The number of aromatic nitrogens is 1. The Morgan fingerprint density at radius 1 is 1.07 bits per heavy atom. The molecule has 3 aromatic rings. The van der Waals surface area contributed by atoms with Gasteiger partial charge in [0.1, 0.15) is 17.5 Å². The largest absolute Gasteiger partial charge is 0.366 e. The predicted octanol–water partition coefficient (Wildman–Crippen LogP) is 4.14. The summed E-state index contributed by atoms with van der Waals surface area (Å²) >= 11 is 0. The van der Waals surface area contributed by atoms with Crippen LogP contribution in [0.1, 0.15) is 28.8 Å². The highest BCUT2D eigenvalue weighted by Gasteiger charge is 2.38. The van der Waals surface area contributed by atoms with Gasteiger partial charge in [-0.3, -0.25) is 4.79 Å². The number of amides is 1. The molecule has 2 saturated heterocycles. The maximum absolute atomic E-state index is 13.9. The molecule has 44 heavy (non-hydrogen) atoms. The minimum atomic E-state index is -1.03. The van der Waals surface area contributed by atoms with Crippen LogP contribution in [0.25, 0.3) is 10.8 Å². The molecule has 3 aliphatic heterocycles. The van der Waals surface area contributed by atoms with Gasteiger partial charge in [-0.25, -0.2) is 9.37 Å². The van der Waals surface area contributed by atoms with Gasteiger partial charge in [-0.05, 0) is 44.5 Å². The highest BCUT2D eigenvalue weighted by Crippen LogP contribution is 2.41. The first kappa shape index (κ1) is 29.4. The molecule has 1 unspecified atom stereocenters. The number of rotatable bonds is 6. The molecule has 226 valence electrons. The first-order chi connectivity index (χ1) is 21.2. The van der Waals surface area contributed by atoms with E-state index >= 15 is 0 Å². The molecule has 0 bridgehead atoms. The Bertz CT molecular complexity index is 1710. The lowest BCUT2D eigenvalue weighted by Gasteiger charge is -2.46. The number of piperazine rings is 1. The van der Waals surface area contributed by atoms with Gasteiger partial charge in [0.05, 0.1) is 36.5 Å². The monoisotopic (exact) mass is 592 g/mol. The number of nitriles is 2. The van der Waals surface area contributed by atoms with Crippen LogP contribution in [0.3, 0.4) is 0 Å². The van der Waals surface area contributed by atoms with Crippen molar-refractivity contribution in [3.63, 3.8) is 0 Å². The SMILES string of the molecule is C=C(F)C(=O)N1CCN(c2c(C#N)c(N3CC(N(C)C)C3)nc3c2CCN(c2cccc4cccc(C)c24)C3)CC1CC#N. The maximum Gasteiger partial charge on any atom is 0.282 e. The van der Waals surface area contributed by atoms with E-state index in [0.717, 1.165) is 36.6 Å². The highest BCUT2D eigenvalue weighted by atomic mass is 19.1. The first-order valence-electron chi connectivity index (χ1n) is 15.1. The van der Waals surface area contributed by atoms with Crippen molar-refractivity contribution in [3.05, 3.63) is 71.2 Å². The molecule has 1 atom stereocenters. The lowest BCUT2D eigenvalue weighted by Crippen LogP contribution is -2.58. The Hall–Kier alpha value is -4.67. The van der Waals surface area contributed by atoms with Crippen molar-refractivity contribution in [2.75, 3.05) is 68.1 Å². The molecule has 0 N–H and O–H groups in total. The van der Waals surface area contributed by atoms with Gasteiger partial charge in [-0.1, -0.05) is 36.9 Å². The Kier molecular flexibility index (Phi) is 7.87. The Morgan fingerprint density at radius 2 is 1.82 bits per heavy atom. The molecule has 3 aliphatic rings. The van der Waals surface area contributed by atoms with E-state index in [-0.39, 0.29) is 13.0 Å². The van der Waals surface area contributed by atoms with Crippen molar-refractivity contribution < 1.29 is 9.18 Å². The minimum absolute atomic E-state index is 0.0579. The number of halogens is 1. The topological polar surface area (TPSA) is 93.7 Å². The summed E-state index contributed by atoms with van der Waals surface area (Å²) in [5.41, 5.74) is 5.73. The molecule has 2 aromatic carbocycles. The average molecular weight is 593 g/mol. The molecule has 2 fully saturated rings. The third kappa shape index (κ3) is 5.10. The number of pyridine rings is 1. The number of benzene rings is 2. The number of carbonyl (C=O) groups excluding carboxylic acids is 1. The van der Waals surface area contributed by atoms with Crippen molar-refractivity contribution >= 4 is 33.9 Å². The van der Waals surface area contributed by atoms with Gasteiger partial charge < -0.3 is 24.5 Å². The van der Waals surface area contributed by atoms with Gasteiger partial charge in [0.2, 0.25) is 0 Å². The van der Waals surface area contributed by atoms with Crippen molar-refractivity contribution in [1.29, 1.82) is 10.5 Å². The van der Waals surface area contributed by atoms with Crippen LogP contribution in [0.15, 0.2) is 48.8 Å². The lowest BCUT2D eigenvalue weighted by molar-refractivity contribution is -0.131. The van der Waals surface area contributed by atoms with E-state index in [2.05, 4.69) is 95.7 Å². The van der Waals surface area contributed by atoms with Crippen molar-refractivity contribution in [1.82, 2.24) is 14.8 Å². The predicted molar refractivity (Wildman–Crippen MR) is 170 cm³/mol. The van der Waals surface area contributed by atoms with Gasteiger partial charge in [0.15, 0.2) is 5.83 Å². The van der Waals surface area contributed by atoms with E-state index < -0.39 is 17.8 Å². The number of likely N-dealkylation sites (N-methyl/N-ethyl adjacent to an activating group) is 1. The molecular weight excluding hydrogens is 555 g/mol. The van der Waals surface area contributed by atoms with Gasteiger partial charge in [0.25, 0.3) is 5.91 Å². The summed E-state index contributed by atoms with van der Waals surface area (Å²) in [4.78, 5) is 28.1. The normalized spacial score (nSPS) is 18.6. The number of anilines is 3. The second-order valence-electron chi connectivity index (χ2n) is 12.2. The van der Waals surface area contributed by atoms with Crippen LogP contribution in [0, 0.1) is 29.6 Å². The molecule has 6 rings (SSSR count). The third-order valence-electron chi connectivity index (χ3n) is 9.36. The van der Waals surface area contributed by atoms with E-state index in [0.29, 0.717) is 43.5 Å². The molecule has 4 heterocycles. The first-order valence-corrected chi connectivity index (χ1v) is 15.1. The number of nitrogens with zero attached hydrogens (tertiary/aromatic N) is 8. The van der Waals surface area contributed by atoms with Gasteiger partial charge in [-0.15, -0.1) is 0 Å². The Labute approximate surface area is 258 Å². The number of carbonyl (C=O) groups is 1. The zero-order valence-corrected chi connectivity index (χ0v) is 25.6. The average Bonchev–Trinajstić information content (AvgIpc) is 2.98. The van der Waals surface area contributed by atoms with Crippen molar-refractivity contribution in [2.24, 2.45) is 0 Å². The number of hydrogen-bond donors (Lipinski definition) is 0. The summed E-state index contributed by atoms with van der Waals surface area (Å²) in [6, 6.07) is 17.3. The summed E-state index contributed by atoms with van der Waals surface area (Å²) in [6.45, 7) is 9.21. The summed E-state index contributed by atoms with van der Waals surface area (Å²) in [5.74, 6) is -1.12. The summed E-state index contributed by atoms with van der Waals surface area (Å²) in [7, 11) is 4.12. The summed E-state index contributed by atoms with van der Waals surface area (Å²) in [6.07, 6.45) is 0.751. The smallest absolute Gasteiger partial charge is 0.282 e. The molecule has 0 spiro atoms. The van der Waals surface area contributed by atoms with E-state index in [1.807, 2.05) is 0 Å². The molecule has 9 nitrogen and oxygen atoms in total. The van der Waals surface area contributed by atoms with E-state index in [1.54, 1.807) is 0 Å². The molecular formula is C34H37FN8O. The minimum Gasteiger partial charge on any atom is -0.366 e. The molecule has 0 radical (unpaired) electrons. The Balaban J connectivity index is 1.42. The molecule has 1 aromatic heterocycles. The number of aryl methyl sites for hydroxylation is 1. The van der Waals surface area contributed by atoms with Crippen LogP contribution in [0.2, 0.25) is 0 Å². The zero-order valence-electron chi connectivity index (χ0n) is 25.6.